The van der Waals surface area contributed by atoms with Gasteiger partial charge in [0.25, 0.3) is 0 Å². The maximum atomic E-state index is 11.6. The highest BCUT2D eigenvalue weighted by atomic mass is 16.6. The summed E-state index contributed by atoms with van der Waals surface area (Å²) >= 11 is 0. The van der Waals surface area contributed by atoms with Gasteiger partial charge in [-0.25, -0.2) is 9.78 Å². The minimum Gasteiger partial charge on any atom is -0.444 e. The fourth-order valence-corrected chi connectivity index (χ4v) is 2.42. The molecule has 1 aromatic heterocycles. The molecule has 1 amide bonds. The summed E-state index contributed by atoms with van der Waals surface area (Å²) in [5, 5.41) is 2.78. The summed E-state index contributed by atoms with van der Waals surface area (Å²) in [5.41, 5.74) is 6.05. The lowest BCUT2D eigenvalue weighted by atomic mass is 9.92. The molecule has 1 fully saturated rings. The Bertz CT molecular complexity index is 529. The zero-order valence-corrected chi connectivity index (χ0v) is 18.8. The summed E-state index contributed by atoms with van der Waals surface area (Å²) in [6.45, 7) is 16.3. The van der Waals surface area contributed by atoms with Crippen LogP contribution in [0.4, 0.5) is 4.79 Å². The van der Waals surface area contributed by atoms with Gasteiger partial charge in [0, 0.05) is 36.9 Å². The highest BCUT2D eigenvalue weighted by Crippen LogP contribution is 2.33. The number of hydrogen-bond donors (Lipinski definition) is 2. The van der Waals surface area contributed by atoms with Gasteiger partial charge in [0.05, 0.1) is 0 Å². The predicted octanol–water partition coefficient (Wildman–Crippen LogP) is 5.39. The van der Waals surface area contributed by atoms with Crippen LogP contribution in [-0.4, -0.2) is 33.8 Å². The van der Waals surface area contributed by atoms with Crippen LogP contribution in [0.2, 0.25) is 0 Å². The third kappa shape index (κ3) is 11.3. The van der Waals surface area contributed by atoms with E-state index in [1.807, 2.05) is 47.7 Å². The predicted molar refractivity (Wildman–Crippen MR) is 120 cm³/mol. The zero-order chi connectivity index (χ0) is 21.0. The fraction of sp³-hybridized carbons (Fsp3) is 0.818. The van der Waals surface area contributed by atoms with Crippen molar-refractivity contribution >= 4 is 6.09 Å². The van der Waals surface area contributed by atoms with Gasteiger partial charge in [-0.15, -0.1) is 0 Å². The van der Waals surface area contributed by atoms with Crippen molar-refractivity contribution in [3.05, 3.63) is 17.7 Å². The van der Waals surface area contributed by atoms with Gasteiger partial charge < -0.3 is 20.4 Å². The van der Waals surface area contributed by atoms with E-state index in [4.69, 9.17) is 10.5 Å². The fourth-order valence-electron chi connectivity index (χ4n) is 2.42. The first-order chi connectivity index (χ1) is 12.6. The highest BCUT2D eigenvalue weighted by Gasteiger charge is 2.23. The molecule has 3 N–H and O–H groups in total. The molecule has 1 aromatic rings. The van der Waals surface area contributed by atoms with Crippen LogP contribution in [0, 0.1) is 6.92 Å². The number of aryl methyl sites for hydroxylation is 1. The Morgan fingerprint density at radius 2 is 1.93 bits per heavy atom. The molecule has 1 atom stereocenters. The average Bonchev–Trinajstić information content (AvgIpc) is 2.88. The number of amides is 1. The second-order valence-electron chi connectivity index (χ2n) is 7.83. The van der Waals surface area contributed by atoms with Gasteiger partial charge in [-0.1, -0.05) is 28.2 Å². The van der Waals surface area contributed by atoms with E-state index in [0.717, 1.165) is 18.7 Å². The van der Waals surface area contributed by atoms with Crippen molar-refractivity contribution in [2.75, 3.05) is 6.54 Å². The number of imidazole rings is 1. The van der Waals surface area contributed by atoms with E-state index in [9.17, 15) is 4.79 Å². The van der Waals surface area contributed by atoms with E-state index in [1.165, 1.54) is 25.0 Å². The highest BCUT2D eigenvalue weighted by molar-refractivity contribution is 5.67. The summed E-state index contributed by atoms with van der Waals surface area (Å²) in [6, 6.07) is 0.990. The largest absolute Gasteiger partial charge is 0.444 e. The number of nitrogens with two attached hydrogens (primary N) is 1. The Labute approximate surface area is 173 Å². The number of rotatable bonds is 5. The first-order valence-corrected chi connectivity index (χ1v) is 10.4. The number of carbonyl (C=O) groups is 1. The van der Waals surface area contributed by atoms with Gasteiger partial charge >= 0.3 is 6.09 Å². The van der Waals surface area contributed by atoms with E-state index in [-0.39, 0.29) is 13.5 Å². The molecule has 1 aliphatic carbocycles. The molecule has 1 aliphatic rings. The third-order valence-corrected chi connectivity index (χ3v) is 4.16. The van der Waals surface area contributed by atoms with Crippen molar-refractivity contribution in [2.24, 2.45) is 5.73 Å². The lowest BCUT2D eigenvalue weighted by Crippen LogP contribution is -2.34. The maximum Gasteiger partial charge on any atom is 0.407 e. The lowest BCUT2D eigenvalue weighted by Gasteiger charge is -2.29. The molecule has 6 nitrogen and oxygen atoms in total. The van der Waals surface area contributed by atoms with Gasteiger partial charge in [-0.3, -0.25) is 0 Å². The minimum absolute atomic E-state index is 0. The molecular weight excluding hydrogens is 352 g/mol. The van der Waals surface area contributed by atoms with Gasteiger partial charge in [0.15, 0.2) is 0 Å². The molecule has 0 saturated heterocycles. The molecule has 1 unspecified atom stereocenters. The molecule has 28 heavy (non-hydrogen) atoms. The van der Waals surface area contributed by atoms with Crippen LogP contribution >= 0.6 is 0 Å². The van der Waals surface area contributed by atoms with Crippen LogP contribution in [0.3, 0.4) is 0 Å². The summed E-state index contributed by atoms with van der Waals surface area (Å²) in [4.78, 5) is 16.0. The standard InChI is InChI=1S/C15H25N3O2.C4H11N.C2H6.CH4/c1-11-10-17-13(18(11)12-6-5-7-12)8-9-16-14(19)20-15(2,3)4;1-3-4(2)5;1-2;/h10,12H,5-9H2,1-4H3,(H,16,19);4H,3,5H2,1-2H3;1-2H3;1H4. The minimum atomic E-state index is -0.453. The number of alkyl carbamates (subject to hydrolysis) is 1. The monoisotopic (exact) mass is 398 g/mol. The number of nitrogens with zero attached hydrogens (tertiary/aromatic N) is 2. The second kappa shape index (κ2) is 14.4. The third-order valence-electron chi connectivity index (χ3n) is 4.16. The Hall–Kier alpha value is -1.56. The molecule has 0 aromatic carbocycles. The van der Waals surface area contributed by atoms with E-state index >= 15 is 0 Å². The van der Waals surface area contributed by atoms with E-state index in [1.54, 1.807) is 0 Å². The van der Waals surface area contributed by atoms with Gasteiger partial charge in [0.1, 0.15) is 11.4 Å². The van der Waals surface area contributed by atoms with Crippen molar-refractivity contribution in [3.8, 4) is 0 Å². The molecule has 1 saturated carbocycles. The first-order valence-electron chi connectivity index (χ1n) is 10.4. The van der Waals surface area contributed by atoms with E-state index in [2.05, 4.69) is 28.7 Å². The smallest absolute Gasteiger partial charge is 0.407 e. The van der Waals surface area contributed by atoms with E-state index in [0.29, 0.717) is 18.6 Å². The van der Waals surface area contributed by atoms with Gasteiger partial charge in [-0.2, -0.15) is 0 Å². The molecule has 6 heteroatoms. The number of nitrogens with one attached hydrogen (secondary N) is 1. The molecule has 0 radical (unpaired) electrons. The molecule has 2 rings (SSSR count). The Morgan fingerprint density at radius 3 is 2.32 bits per heavy atom. The van der Waals surface area contributed by atoms with Gasteiger partial charge in [-0.05, 0) is 60.3 Å². The Balaban J connectivity index is 0. The van der Waals surface area contributed by atoms with Crippen LogP contribution in [0.1, 0.15) is 99.1 Å². The quantitative estimate of drug-likeness (QED) is 0.696. The van der Waals surface area contributed by atoms with Crippen LogP contribution in [0.25, 0.3) is 0 Å². The molecule has 1 heterocycles. The lowest BCUT2D eigenvalue weighted by molar-refractivity contribution is 0.0528. The van der Waals surface area contributed by atoms with E-state index < -0.39 is 5.60 Å². The van der Waals surface area contributed by atoms with Crippen LogP contribution in [-0.2, 0) is 11.2 Å². The average molecular weight is 399 g/mol. The first kappa shape index (κ1) is 28.6. The summed E-state index contributed by atoms with van der Waals surface area (Å²) in [5.74, 6) is 1.06. The normalized spacial score (nSPS) is 14.2. The van der Waals surface area contributed by atoms with Crippen molar-refractivity contribution in [2.45, 2.75) is 113 Å². The topological polar surface area (TPSA) is 82.2 Å². The molecule has 0 bridgehead atoms. The van der Waals surface area contributed by atoms with Gasteiger partial charge in [0.2, 0.25) is 0 Å². The summed E-state index contributed by atoms with van der Waals surface area (Å²) < 4.78 is 7.53. The van der Waals surface area contributed by atoms with Crippen molar-refractivity contribution in [1.29, 1.82) is 0 Å². The Kier molecular flexibility index (Phi) is 14.8. The number of ether oxygens (including phenoxy) is 1. The molecule has 0 aliphatic heterocycles. The summed E-state index contributed by atoms with van der Waals surface area (Å²) in [6.07, 6.45) is 7.16. The number of aromatic nitrogens is 2. The molecule has 0 spiro atoms. The van der Waals surface area contributed by atoms with Crippen molar-refractivity contribution < 1.29 is 9.53 Å². The summed E-state index contributed by atoms with van der Waals surface area (Å²) in [7, 11) is 0. The number of carbonyl (C=O) groups excluding carboxylic acids is 1. The van der Waals surface area contributed by atoms with Crippen molar-refractivity contribution in [1.82, 2.24) is 14.9 Å². The van der Waals surface area contributed by atoms with Crippen LogP contribution in [0.5, 0.6) is 0 Å². The zero-order valence-electron chi connectivity index (χ0n) is 18.8. The Morgan fingerprint density at radius 1 is 1.39 bits per heavy atom. The van der Waals surface area contributed by atoms with Crippen LogP contribution in [0.15, 0.2) is 6.20 Å². The second-order valence-corrected chi connectivity index (χ2v) is 7.83. The number of hydrogen-bond acceptors (Lipinski definition) is 4. The van der Waals surface area contributed by atoms with Crippen molar-refractivity contribution in [3.63, 3.8) is 0 Å². The SMILES string of the molecule is C.CC.CCC(C)N.Cc1cnc(CCNC(=O)OC(C)(C)C)n1C1CCC1. The molecule has 166 valence electrons. The van der Waals surface area contributed by atoms with Crippen LogP contribution < -0.4 is 11.1 Å². The molecular formula is C22H46N4O2. The maximum absolute atomic E-state index is 11.6.